The fourth-order valence-corrected chi connectivity index (χ4v) is 3.66. The largest absolute Gasteiger partial charge is 0.345 e. The quantitative estimate of drug-likeness (QED) is 0.533. The fourth-order valence-electron chi connectivity index (χ4n) is 3.66. The Kier molecular flexibility index (Phi) is 1.59. The van der Waals surface area contributed by atoms with Gasteiger partial charge in [-0.2, -0.15) is 0 Å². The van der Waals surface area contributed by atoms with Crippen LogP contribution in [0.5, 0.6) is 0 Å². The fraction of sp³-hybridized carbons (Fsp3) is 0.750. The van der Waals surface area contributed by atoms with Gasteiger partial charge in [-0.05, 0) is 37.5 Å². The SMILES string of the molecule is CC1=CC2C3CC1CC2C(=O)N(C)C3. The molecule has 2 heteroatoms. The molecule has 2 fully saturated rings. The predicted octanol–water partition coefficient (Wildman–Crippen LogP) is 1.68. The minimum absolute atomic E-state index is 0.321. The molecule has 1 saturated carbocycles. The Balaban J connectivity index is 1.99. The zero-order valence-electron chi connectivity index (χ0n) is 8.86. The lowest BCUT2D eigenvalue weighted by atomic mass is 9.59. The highest BCUT2D eigenvalue weighted by molar-refractivity contribution is 5.80. The molecule has 1 amide bonds. The number of piperidine rings is 1. The van der Waals surface area contributed by atoms with Gasteiger partial charge in [-0.1, -0.05) is 11.6 Å². The molecule has 3 aliphatic carbocycles. The Bertz CT molecular complexity index is 320. The second-order valence-electron chi connectivity index (χ2n) is 5.24. The van der Waals surface area contributed by atoms with E-state index in [1.807, 2.05) is 11.9 Å². The molecule has 0 radical (unpaired) electrons. The first-order valence-corrected chi connectivity index (χ1v) is 5.60. The lowest BCUT2D eigenvalue weighted by molar-refractivity contribution is -0.145. The predicted molar refractivity (Wildman–Crippen MR) is 54.6 cm³/mol. The van der Waals surface area contributed by atoms with Crippen LogP contribution >= 0.6 is 0 Å². The number of nitrogens with zero attached hydrogens (tertiary/aromatic N) is 1. The monoisotopic (exact) mass is 191 g/mol. The van der Waals surface area contributed by atoms with Gasteiger partial charge < -0.3 is 4.90 Å². The van der Waals surface area contributed by atoms with Crippen LogP contribution in [-0.4, -0.2) is 24.4 Å². The van der Waals surface area contributed by atoms with Gasteiger partial charge in [0.2, 0.25) is 5.91 Å². The number of allylic oxidation sites excluding steroid dienone is 2. The van der Waals surface area contributed by atoms with Gasteiger partial charge in [0.15, 0.2) is 0 Å². The van der Waals surface area contributed by atoms with Gasteiger partial charge in [0.25, 0.3) is 0 Å². The van der Waals surface area contributed by atoms with E-state index in [1.54, 1.807) is 5.57 Å². The van der Waals surface area contributed by atoms with Crippen LogP contribution in [0.4, 0.5) is 0 Å². The molecule has 0 aromatic heterocycles. The highest BCUT2D eigenvalue weighted by Gasteiger charge is 2.48. The van der Waals surface area contributed by atoms with Crippen LogP contribution in [0.15, 0.2) is 11.6 Å². The molecule has 14 heavy (non-hydrogen) atoms. The van der Waals surface area contributed by atoms with E-state index in [0.29, 0.717) is 23.7 Å². The highest BCUT2D eigenvalue weighted by atomic mass is 16.2. The molecule has 0 aromatic carbocycles. The van der Waals surface area contributed by atoms with Crippen molar-refractivity contribution in [1.82, 2.24) is 4.90 Å². The standard InChI is InChI=1S/C12H17NO/c1-7-3-10-9-4-8(7)5-11(10)12(14)13(2)6-9/h3,8-11H,4-6H2,1-2H3. The number of carbonyl (C=O) groups is 1. The van der Waals surface area contributed by atoms with Crippen molar-refractivity contribution < 1.29 is 4.79 Å². The molecule has 1 aliphatic heterocycles. The Morgan fingerprint density at radius 3 is 2.93 bits per heavy atom. The van der Waals surface area contributed by atoms with Crippen LogP contribution in [0, 0.1) is 23.7 Å². The van der Waals surface area contributed by atoms with Crippen molar-refractivity contribution in [3.05, 3.63) is 11.6 Å². The van der Waals surface area contributed by atoms with Crippen molar-refractivity contribution in [3.8, 4) is 0 Å². The third-order valence-electron chi connectivity index (χ3n) is 4.44. The second kappa shape index (κ2) is 2.62. The summed E-state index contributed by atoms with van der Waals surface area (Å²) in [4.78, 5) is 13.9. The molecule has 0 N–H and O–H groups in total. The van der Waals surface area contributed by atoms with Crippen LogP contribution in [-0.2, 0) is 4.79 Å². The van der Waals surface area contributed by atoms with Gasteiger partial charge in [-0.3, -0.25) is 4.79 Å². The topological polar surface area (TPSA) is 20.3 Å². The summed E-state index contributed by atoms with van der Waals surface area (Å²) in [5.74, 6) is 2.75. The maximum atomic E-state index is 11.9. The Morgan fingerprint density at radius 1 is 1.43 bits per heavy atom. The lowest BCUT2D eigenvalue weighted by Gasteiger charge is -2.51. The molecule has 1 heterocycles. The first kappa shape index (κ1) is 8.51. The maximum Gasteiger partial charge on any atom is 0.226 e. The molecule has 76 valence electrons. The minimum Gasteiger partial charge on any atom is -0.345 e. The summed E-state index contributed by atoms with van der Waals surface area (Å²) in [5, 5.41) is 0. The first-order valence-electron chi connectivity index (χ1n) is 5.60. The summed E-state index contributed by atoms with van der Waals surface area (Å²) in [6.07, 6.45) is 4.83. The molecular formula is C12H17NO. The lowest BCUT2D eigenvalue weighted by Crippen LogP contribution is -2.53. The van der Waals surface area contributed by atoms with Gasteiger partial charge >= 0.3 is 0 Å². The zero-order chi connectivity index (χ0) is 9.87. The van der Waals surface area contributed by atoms with Gasteiger partial charge in [-0.15, -0.1) is 0 Å². The third-order valence-corrected chi connectivity index (χ3v) is 4.44. The third kappa shape index (κ3) is 0.943. The molecule has 4 atom stereocenters. The van der Waals surface area contributed by atoms with Crippen LogP contribution in [0.2, 0.25) is 0 Å². The van der Waals surface area contributed by atoms with Crippen LogP contribution < -0.4 is 0 Å². The Hall–Kier alpha value is -0.790. The summed E-state index contributed by atoms with van der Waals surface area (Å²) in [7, 11) is 1.96. The summed E-state index contributed by atoms with van der Waals surface area (Å²) in [6.45, 7) is 3.22. The first-order chi connectivity index (χ1) is 6.66. The number of carbonyl (C=O) groups excluding carboxylic acids is 1. The average molecular weight is 191 g/mol. The molecular weight excluding hydrogens is 174 g/mol. The summed E-state index contributed by atoms with van der Waals surface area (Å²) >= 11 is 0. The number of rotatable bonds is 0. The van der Waals surface area contributed by atoms with E-state index in [2.05, 4.69) is 13.0 Å². The van der Waals surface area contributed by atoms with E-state index in [9.17, 15) is 4.79 Å². The zero-order valence-corrected chi connectivity index (χ0v) is 8.86. The van der Waals surface area contributed by atoms with Crippen molar-refractivity contribution in [2.45, 2.75) is 19.8 Å². The van der Waals surface area contributed by atoms with E-state index in [1.165, 1.54) is 6.42 Å². The molecule has 4 aliphatic rings. The van der Waals surface area contributed by atoms with E-state index < -0.39 is 0 Å². The summed E-state index contributed by atoms with van der Waals surface area (Å²) < 4.78 is 0. The summed E-state index contributed by atoms with van der Waals surface area (Å²) in [6, 6.07) is 0. The Morgan fingerprint density at radius 2 is 2.21 bits per heavy atom. The van der Waals surface area contributed by atoms with Crippen molar-refractivity contribution in [3.63, 3.8) is 0 Å². The Labute approximate surface area is 85.0 Å². The van der Waals surface area contributed by atoms with E-state index >= 15 is 0 Å². The molecule has 4 bridgehead atoms. The van der Waals surface area contributed by atoms with Crippen LogP contribution in [0.3, 0.4) is 0 Å². The molecule has 0 aromatic rings. The molecule has 1 saturated heterocycles. The second-order valence-corrected chi connectivity index (χ2v) is 5.24. The smallest absolute Gasteiger partial charge is 0.226 e. The molecule has 4 unspecified atom stereocenters. The van der Waals surface area contributed by atoms with Crippen molar-refractivity contribution in [1.29, 1.82) is 0 Å². The van der Waals surface area contributed by atoms with E-state index in [0.717, 1.165) is 18.9 Å². The molecule has 2 nitrogen and oxygen atoms in total. The minimum atomic E-state index is 0.321. The number of hydrogen-bond acceptors (Lipinski definition) is 1. The number of likely N-dealkylation sites (tertiary alicyclic amines) is 1. The molecule has 0 spiro atoms. The number of hydrogen-bond donors (Lipinski definition) is 0. The average Bonchev–Trinajstić information content (AvgIpc) is 2.16. The summed E-state index contributed by atoms with van der Waals surface area (Å²) in [5.41, 5.74) is 1.54. The maximum absolute atomic E-state index is 11.9. The van der Waals surface area contributed by atoms with Gasteiger partial charge in [0, 0.05) is 19.5 Å². The molecule has 4 rings (SSSR count). The van der Waals surface area contributed by atoms with Crippen LogP contribution in [0.1, 0.15) is 19.8 Å². The van der Waals surface area contributed by atoms with Gasteiger partial charge in [0.1, 0.15) is 0 Å². The van der Waals surface area contributed by atoms with E-state index in [4.69, 9.17) is 0 Å². The van der Waals surface area contributed by atoms with E-state index in [-0.39, 0.29) is 0 Å². The van der Waals surface area contributed by atoms with Crippen LogP contribution in [0.25, 0.3) is 0 Å². The van der Waals surface area contributed by atoms with Crippen molar-refractivity contribution in [2.75, 3.05) is 13.6 Å². The normalized spacial score (nSPS) is 45.4. The van der Waals surface area contributed by atoms with Gasteiger partial charge in [0.05, 0.1) is 0 Å². The van der Waals surface area contributed by atoms with Crippen molar-refractivity contribution in [2.24, 2.45) is 23.7 Å². The van der Waals surface area contributed by atoms with Crippen molar-refractivity contribution >= 4 is 5.91 Å². The van der Waals surface area contributed by atoms with Gasteiger partial charge in [-0.25, -0.2) is 0 Å². The number of amides is 1. The highest BCUT2D eigenvalue weighted by Crippen LogP contribution is 2.50.